The Hall–Kier alpha value is -0.100. The second-order valence-electron chi connectivity index (χ2n) is 4.67. The quantitative estimate of drug-likeness (QED) is 0.603. The summed E-state index contributed by atoms with van der Waals surface area (Å²) in [5, 5.41) is 0. The maximum absolute atomic E-state index is 11.3. The molecule has 0 amide bonds. The van der Waals surface area contributed by atoms with E-state index in [2.05, 4.69) is 0 Å². The predicted molar refractivity (Wildman–Crippen MR) is 51.7 cm³/mol. The van der Waals surface area contributed by atoms with Gasteiger partial charge in [0.1, 0.15) is 18.3 Å². The van der Waals surface area contributed by atoms with Gasteiger partial charge in [-0.1, -0.05) is 0 Å². The molecule has 3 heterocycles. The van der Waals surface area contributed by atoms with Crippen LogP contribution in [0.5, 0.6) is 0 Å². The zero-order valence-corrected chi connectivity index (χ0v) is 10.2. The Morgan fingerprint density at radius 3 is 2.56 bits per heavy atom. The highest BCUT2D eigenvalue weighted by Gasteiger charge is 2.63. The standard InChI is InChI=1S/C9H14O6P/c1-4-5-6(15-16(10)14-4)7-8(11-5)13-9(2,3)12-7/h4-8H,1-3H3/q+1/t4?,5-,6+,7-,8-/m1/s1. The van der Waals surface area contributed by atoms with Crippen molar-refractivity contribution in [2.75, 3.05) is 0 Å². The molecule has 3 aliphatic heterocycles. The number of fused-ring (bicyclic) bond motifs is 3. The van der Waals surface area contributed by atoms with Gasteiger partial charge in [0.25, 0.3) is 0 Å². The molecule has 7 heteroatoms. The molecule has 3 rings (SSSR count). The fourth-order valence-electron chi connectivity index (χ4n) is 2.32. The van der Waals surface area contributed by atoms with Crippen molar-refractivity contribution in [3.8, 4) is 0 Å². The van der Waals surface area contributed by atoms with Gasteiger partial charge in [-0.05, 0) is 20.8 Å². The van der Waals surface area contributed by atoms with Crippen LogP contribution >= 0.6 is 8.25 Å². The van der Waals surface area contributed by atoms with E-state index in [0.29, 0.717) is 0 Å². The molecule has 0 radical (unpaired) electrons. The summed E-state index contributed by atoms with van der Waals surface area (Å²) in [4.78, 5) is 0. The van der Waals surface area contributed by atoms with Crippen LogP contribution in [0.1, 0.15) is 20.8 Å². The second kappa shape index (κ2) is 3.45. The molecule has 0 aromatic carbocycles. The van der Waals surface area contributed by atoms with Crippen molar-refractivity contribution in [2.24, 2.45) is 0 Å². The molecule has 0 bridgehead atoms. The summed E-state index contributed by atoms with van der Waals surface area (Å²) < 4.78 is 38.5. The minimum atomic E-state index is -2.08. The van der Waals surface area contributed by atoms with Crippen molar-refractivity contribution in [3.63, 3.8) is 0 Å². The van der Waals surface area contributed by atoms with Crippen molar-refractivity contribution >= 4 is 8.25 Å². The smallest absolute Gasteiger partial charge is 0.341 e. The van der Waals surface area contributed by atoms with Crippen LogP contribution in [-0.2, 0) is 27.8 Å². The van der Waals surface area contributed by atoms with Crippen LogP contribution in [0.4, 0.5) is 0 Å². The molecule has 6 atom stereocenters. The van der Waals surface area contributed by atoms with Gasteiger partial charge in [0.05, 0.1) is 0 Å². The highest BCUT2D eigenvalue weighted by Crippen LogP contribution is 2.47. The molecule has 0 N–H and O–H groups in total. The Bertz CT molecular complexity index is 332. The zero-order valence-electron chi connectivity index (χ0n) is 9.28. The van der Waals surface area contributed by atoms with Gasteiger partial charge in [0.2, 0.25) is 0 Å². The molecule has 0 saturated carbocycles. The Morgan fingerprint density at radius 2 is 1.81 bits per heavy atom. The minimum Gasteiger partial charge on any atom is -0.341 e. The Kier molecular flexibility index (Phi) is 2.37. The van der Waals surface area contributed by atoms with Crippen LogP contribution in [0.15, 0.2) is 0 Å². The summed E-state index contributed by atoms with van der Waals surface area (Å²) in [7, 11) is -2.08. The van der Waals surface area contributed by atoms with Gasteiger partial charge < -0.3 is 14.2 Å². The van der Waals surface area contributed by atoms with Crippen LogP contribution in [0.2, 0.25) is 0 Å². The van der Waals surface area contributed by atoms with Crippen LogP contribution < -0.4 is 0 Å². The molecule has 2 unspecified atom stereocenters. The summed E-state index contributed by atoms with van der Waals surface area (Å²) in [6.07, 6.45) is -1.72. The molecule has 3 saturated heterocycles. The van der Waals surface area contributed by atoms with Crippen LogP contribution in [0.3, 0.4) is 0 Å². The van der Waals surface area contributed by atoms with Crippen molar-refractivity contribution in [1.82, 2.24) is 0 Å². The van der Waals surface area contributed by atoms with E-state index >= 15 is 0 Å². The predicted octanol–water partition coefficient (Wildman–Crippen LogP) is 1.32. The Morgan fingerprint density at radius 1 is 1.06 bits per heavy atom. The molecule has 0 aliphatic carbocycles. The van der Waals surface area contributed by atoms with Gasteiger partial charge in [-0.15, -0.1) is 9.05 Å². The molecule has 0 aromatic heterocycles. The average molecular weight is 249 g/mol. The summed E-state index contributed by atoms with van der Waals surface area (Å²) in [5.41, 5.74) is 0. The van der Waals surface area contributed by atoms with E-state index < -0.39 is 20.3 Å². The molecule has 6 nitrogen and oxygen atoms in total. The van der Waals surface area contributed by atoms with Gasteiger partial charge in [-0.2, -0.15) is 0 Å². The fraction of sp³-hybridized carbons (Fsp3) is 1.00. The average Bonchev–Trinajstić information content (AvgIpc) is 2.59. The highest BCUT2D eigenvalue weighted by molar-refractivity contribution is 7.33. The van der Waals surface area contributed by atoms with Crippen molar-refractivity contribution in [2.45, 2.75) is 57.3 Å². The number of ether oxygens (including phenoxy) is 3. The monoisotopic (exact) mass is 249 g/mol. The van der Waals surface area contributed by atoms with Gasteiger partial charge >= 0.3 is 8.25 Å². The maximum Gasteiger partial charge on any atom is 0.698 e. The molecular weight excluding hydrogens is 235 g/mol. The first kappa shape index (κ1) is 11.0. The van der Waals surface area contributed by atoms with E-state index in [1.54, 1.807) is 6.92 Å². The summed E-state index contributed by atoms with van der Waals surface area (Å²) >= 11 is 0. The van der Waals surface area contributed by atoms with Crippen LogP contribution in [0.25, 0.3) is 0 Å². The Labute approximate surface area is 94.1 Å². The lowest BCUT2D eigenvalue weighted by atomic mass is 10.1. The SMILES string of the molecule is CC1O[P+](=O)O[C@@H]2[C@H]3OC(C)(C)O[C@H]3O[C@H]12. The third-order valence-electron chi connectivity index (χ3n) is 2.95. The third kappa shape index (κ3) is 1.61. The number of hydrogen-bond acceptors (Lipinski definition) is 6. The van der Waals surface area contributed by atoms with Crippen molar-refractivity contribution < 1.29 is 27.8 Å². The molecule has 90 valence electrons. The third-order valence-corrected chi connectivity index (χ3v) is 3.87. The van der Waals surface area contributed by atoms with E-state index in [4.69, 9.17) is 23.3 Å². The fourth-order valence-corrected chi connectivity index (χ4v) is 3.20. The van der Waals surface area contributed by atoms with Gasteiger partial charge in [-0.3, -0.25) is 0 Å². The van der Waals surface area contributed by atoms with E-state index in [0.717, 1.165) is 0 Å². The summed E-state index contributed by atoms with van der Waals surface area (Å²) in [6, 6.07) is 0. The van der Waals surface area contributed by atoms with Gasteiger partial charge in [0, 0.05) is 4.57 Å². The molecule has 16 heavy (non-hydrogen) atoms. The van der Waals surface area contributed by atoms with Crippen molar-refractivity contribution in [1.29, 1.82) is 0 Å². The Balaban J connectivity index is 1.82. The first-order valence-electron chi connectivity index (χ1n) is 5.28. The molecular formula is C9H14O6P+. The molecule has 3 fully saturated rings. The normalized spacial score (nSPS) is 52.4. The van der Waals surface area contributed by atoms with E-state index in [9.17, 15) is 4.57 Å². The maximum atomic E-state index is 11.3. The zero-order chi connectivity index (χ0) is 11.5. The summed E-state index contributed by atoms with van der Waals surface area (Å²) in [5.74, 6) is -0.684. The minimum absolute atomic E-state index is 0.275. The van der Waals surface area contributed by atoms with Crippen molar-refractivity contribution in [3.05, 3.63) is 0 Å². The first-order chi connectivity index (χ1) is 7.46. The lowest BCUT2D eigenvalue weighted by Gasteiger charge is -2.26. The molecule has 0 spiro atoms. The lowest BCUT2D eigenvalue weighted by Crippen LogP contribution is -2.43. The van der Waals surface area contributed by atoms with E-state index in [-0.39, 0.29) is 24.4 Å². The van der Waals surface area contributed by atoms with Crippen LogP contribution in [0, 0.1) is 0 Å². The van der Waals surface area contributed by atoms with Gasteiger partial charge in [0.15, 0.2) is 18.2 Å². The lowest BCUT2D eigenvalue weighted by molar-refractivity contribution is -0.226. The number of rotatable bonds is 0. The van der Waals surface area contributed by atoms with Crippen LogP contribution in [-0.4, -0.2) is 36.5 Å². The molecule has 3 aliphatic rings. The van der Waals surface area contributed by atoms with Gasteiger partial charge in [-0.25, -0.2) is 0 Å². The second-order valence-corrected chi connectivity index (χ2v) is 5.54. The number of hydrogen-bond donors (Lipinski definition) is 0. The molecule has 0 aromatic rings. The highest BCUT2D eigenvalue weighted by atomic mass is 31.1. The topological polar surface area (TPSA) is 63.2 Å². The summed E-state index contributed by atoms with van der Waals surface area (Å²) in [6.45, 7) is 5.43. The first-order valence-corrected chi connectivity index (χ1v) is 6.38. The van der Waals surface area contributed by atoms with E-state index in [1.165, 1.54) is 0 Å². The van der Waals surface area contributed by atoms with E-state index in [1.807, 2.05) is 13.8 Å². The largest absolute Gasteiger partial charge is 0.698 e.